The van der Waals surface area contributed by atoms with Crippen LogP contribution in [0.5, 0.6) is 0 Å². The van der Waals surface area contributed by atoms with Gasteiger partial charge in [-0.1, -0.05) is 36.4 Å². The van der Waals surface area contributed by atoms with Gasteiger partial charge in [0.2, 0.25) is 0 Å². The minimum Gasteiger partial charge on any atom is -0.478 e. The third kappa shape index (κ3) is 15.0. The van der Waals surface area contributed by atoms with E-state index in [1.807, 2.05) is 0 Å². The molecule has 0 saturated heterocycles. The van der Waals surface area contributed by atoms with Crippen molar-refractivity contribution in [1.82, 2.24) is 0 Å². The second-order valence-corrected chi connectivity index (χ2v) is 10.1. The fourth-order valence-corrected chi connectivity index (χ4v) is 6.05. The quantitative estimate of drug-likeness (QED) is 0.367. The van der Waals surface area contributed by atoms with Crippen LogP contribution in [0, 0.1) is 0 Å². The molecule has 4 nitrogen and oxygen atoms in total. The number of rotatable bonds is 8. The molecule has 2 aromatic rings. The van der Waals surface area contributed by atoms with Crippen LogP contribution in [0.15, 0.2) is 60.7 Å². The zero-order valence-corrected chi connectivity index (χ0v) is 19.1. The Bertz CT molecular complexity index is 559. The molecule has 2 aromatic carbocycles. The van der Waals surface area contributed by atoms with Gasteiger partial charge in [0.1, 0.15) is 0 Å². The van der Waals surface area contributed by atoms with Crippen LogP contribution >= 0.6 is 0 Å². The first-order valence-corrected chi connectivity index (χ1v) is 13.3. The third-order valence-corrected chi connectivity index (χ3v) is 7.49. The Labute approximate surface area is 172 Å². The van der Waals surface area contributed by atoms with Crippen molar-refractivity contribution in [2.75, 3.05) is 0 Å². The largest absolute Gasteiger partial charge is 0.478 e. The molecule has 2 radical (unpaired) electrons. The summed E-state index contributed by atoms with van der Waals surface area (Å²) in [4.78, 5) is 20.4. The normalized spacial score (nSPS) is 9.26. The second kappa shape index (κ2) is 17.6. The fourth-order valence-electron chi connectivity index (χ4n) is 1.89. The Morgan fingerprint density at radius 2 is 1.04 bits per heavy atom. The van der Waals surface area contributed by atoms with Gasteiger partial charge in [-0.25, -0.2) is 9.59 Å². The molecule has 5 heteroatoms. The number of aromatic carboxylic acids is 2. The molecule has 146 valence electrons. The standard InChI is InChI=1S/2C7H6O2.2C4H9.Sn/c2*8-7(9)6-4-2-1-3-5-6;2*1-3-4-2;/h2*1-5H,(H,8,9);2*1,3-4H2,2H3;. The maximum absolute atomic E-state index is 10.2. The van der Waals surface area contributed by atoms with E-state index in [1.54, 1.807) is 69.5 Å². The molecule has 0 atom stereocenters. The van der Waals surface area contributed by atoms with Gasteiger partial charge < -0.3 is 10.2 Å². The van der Waals surface area contributed by atoms with Crippen LogP contribution in [0.25, 0.3) is 0 Å². The topological polar surface area (TPSA) is 74.6 Å². The van der Waals surface area contributed by atoms with Crippen molar-refractivity contribution < 1.29 is 19.8 Å². The van der Waals surface area contributed by atoms with E-state index >= 15 is 0 Å². The zero-order chi connectivity index (χ0) is 20.3. The molecule has 2 N–H and O–H groups in total. The van der Waals surface area contributed by atoms with Crippen LogP contribution < -0.4 is 0 Å². The number of carboxylic acid groups (broad SMARTS) is 2. The summed E-state index contributed by atoms with van der Waals surface area (Å²) in [5.41, 5.74) is 0.662. The van der Waals surface area contributed by atoms with Gasteiger partial charge in [-0.15, -0.1) is 0 Å². The van der Waals surface area contributed by atoms with Crippen LogP contribution in [0.2, 0.25) is 8.87 Å². The van der Waals surface area contributed by atoms with Gasteiger partial charge in [0.05, 0.1) is 11.1 Å². The van der Waals surface area contributed by atoms with Gasteiger partial charge >= 0.3 is 81.5 Å². The predicted octanol–water partition coefficient (Wildman–Crippen LogP) is 5.90. The van der Waals surface area contributed by atoms with Crippen molar-refractivity contribution >= 4 is 33.1 Å². The smallest absolute Gasteiger partial charge is 0.335 e. The van der Waals surface area contributed by atoms with Crippen LogP contribution in [-0.4, -0.2) is 43.3 Å². The maximum atomic E-state index is 10.2. The Hall–Kier alpha value is -1.82. The van der Waals surface area contributed by atoms with E-state index < -0.39 is 11.9 Å². The van der Waals surface area contributed by atoms with Crippen molar-refractivity contribution in [3.8, 4) is 0 Å². The molecule has 0 aliphatic rings. The van der Waals surface area contributed by atoms with E-state index in [2.05, 4.69) is 13.8 Å². The van der Waals surface area contributed by atoms with Crippen molar-refractivity contribution in [1.29, 1.82) is 0 Å². The van der Waals surface area contributed by atoms with Gasteiger partial charge in [0.15, 0.2) is 0 Å². The van der Waals surface area contributed by atoms with Crippen LogP contribution in [0.4, 0.5) is 0 Å². The molecule has 0 fully saturated rings. The van der Waals surface area contributed by atoms with E-state index in [0.29, 0.717) is 11.1 Å². The minimum atomic E-state index is -0.879. The summed E-state index contributed by atoms with van der Waals surface area (Å²) in [6.45, 7) is 4.58. The summed E-state index contributed by atoms with van der Waals surface area (Å²) in [7, 11) is 0. The average molecular weight is 477 g/mol. The Balaban J connectivity index is 0.000000376. The summed E-state index contributed by atoms with van der Waals surface area (Å²) in [5.74, 6) is -1.76. The molecule has 0 heterocycles. The molecule has 0 saturated carbocycles. The monoisotopic (exact) mass is 478 g/mol. The third-order valence-electron chi connectivity index (χ3n) is 3.46. The first-order chi connectivity index (χ1) is 13.0. The Morgan fingerprint density at radius 1 is 0.704 bits per heavy atom. The van der Waals surface area contributed by atoms with Gasteiger partial charge in [0, 0.05) is 0 Å². The summed E-state index contributed by atoms with van der Waals surface area (Å²) < 4.78 is 3.25. The number of carbonyl (C=O) groups is 2. The molecular weight excluding hydrogens is 447 g/mol. The van der Waals surface area contributed by atoms with E-state index in [9.17, 15) is 9.59 Å². The summed E-state index contributed by atoms with van der Waals surface area (Å²) in [6, 6.07) is 16.6. The fraction of sp³-hybridized carbons (Fsp3) is 0.364. The van der Waals surface area contributed by atoms with E-state index in [1.165, 1.54) is 25.7 Å². The average Bonchev–Trinajstić information content (AvgIpc) is 2.70. The van der Waals surface area contributed by atoms with Gasteiger partial charge in [-0.05, 0) is 24.3 Å². The number of unbranched alkanes of at least 4 members (excludes halogenated alkanes) is 2. The van der Waals surface area contributed by atoms with Crippen molar-refractivity contribution in [3.63, 3.8) is 0 Å². The van der Waals surface area contributed by atoms with E-state index in [-0.39, 0.29) is 21.1 Å². The molecule has 0 bridgehead atoms. The Morgan fingerprint density at radius 3 is 1.26 bits per heavy atom. The number of hydrogen-bond acceptors (Lipinski definition) is 2. The van der Waals surface area contributed by atoms with Crippen LogP contribution in [-0.2, 0) is 0 Å². The van der Waals surface area contributed by atoms with E-state index in [0.717, 1.165) is 0 Å². The van der Waals surface area contributed by atoms with Crippen molar-refractivity contribution in [2.45, 2.75) is 48.4 Å². The molecular formula is C22H30O4Sn. The molecule has 2 rings (SSSR count). The van der Waals surface area contributed by atoms with Crippen molar-refractivity contribution in [3.05, 3.63) is 71.8 Å². The minimum absolute atomic E-state index is 0.149. The van der Waals surface area contributed by atoms with Gasteiger partial charge in [-0.2, -0.15) is 0 Å². The molecule has 0 aliphatic carbocycles. The summed E-state index contributed by atoms with van der Waals surface area (Å²) >= 11 is 0.149. The number of hydrogen-bond donors (Lipinski definition) is 2. The molecule has 0 aliphatic heterocycles. The summed E-state index contributed by atoms with van der Waals surface area (Å²) in [5, 5.41) is 16.8. The first-order valence-electron chi connectivity index (χ1n) is 9.30. The summed E-state index contributed by atoms with van der Waals surface area (Å²) in [6.07, 6.45) is 5.84. The SMILES string of the molecule is CCC[CH2][Sn][CH2]CCC.O=C(O)c1ccccc1.O=C(O)c1ccccc1. The zero-order valence-electron chi connectivity index (χ0n) is 16.2. The predicted molar refractivity (Wildman–Crippen MR) is 112 cm³/mol. The van der Waals surface area contributed by atoms with Gasteiger partial charge in [0.25, 0.3) is 0 Å². The molecule has 0 unspecified atom stereocenters. The number of carboxylic acids is 2. The van der Waals surface area contributed by atoms with Gasteiger partial charge in [-0.3, -0.25) is 0 Å². The Kier molecular flexibility index (Phi) is 16.4. The first kappa shape index (κ1) is 25.2. The van der Waals surface area contributed by atoms with Crippen LogP contribution in [0.1, 0.15) is 60.2 Å². The van der Waals surface area contributed by atoms with Crippen LogP contribution in [0.3, 0.4) is 0 Å². The number of benzene rings is 2. The molecule has 0 amide bonds. The second-order valence-electron chi connectivity index (χ2n) is 5.80. The van der Waals surface area contributed by atoms with Crippen molar-refractivity contribution in [2.24, 2.45) is 0 Å². The molecule has 0 aromatic heterocycles. The maximum Gasteiger partial charge on any atom is 0.335 e. The molecule has 0 spiro atoms. The molecule has 27 heavy (non-hydrogen) atoms. The van der Waals surface area contributed by atoms with E-state index in [4.69, 9.17) is 10.2 Å².